The molecular formula is C16H22N2. The maximum atomic E-state index is 3.37. The van der Waals surface area contributed by atoms with Crippen LogP contribution in [0.2, 0.25) is 0 Å². The zero-order valence-electron chi connectivity index (χ0n) is 11.6. The molecule has 0 radical (unpaired) electrons. The van der Waals surface area contributed by atoms with E-state index >= 15 is 0 Å². The minimum absolute atomic E-state index is 0.396. The molecule has 1 aromatic heterocycles. The fourth-order valence-electron chi connectivity index (χ4n) is 3.33. The molecule has 0 unspecified atom stereocenters. The molecule has 0 spiro atoms. The highest BCUT2D eigenvalue weighted by atomic mass is 14.9. The normalized spacial score (nSPS) is 17.9. The van der Waals surface area contributed by atoms with Gasteiger partial charge in [0.25, 0.3) is 0 Å². The largest absolute Gasteiger partial charge is 0.348 e. The van der Waals surface area contributed by atoms with Crippen molar-refractivity contribution in [3.63, 3.8) is 0 Å². The van der Waals surface area contributed by atoms with Crippen molar-refractivity contribution in [3.05, 3.63) is 35.5 Å². The molecule has 2 heteroatoms. The average Bonchev–Trinajstić information content (AvgIpc) is 2.59. The molecule has 1 aromatic carbocycles. The summed E-state index contributed by atoms with van der Waals surface area (Å²) >= 11 is 0. The molecule has 0 atom stereocenters. The van der Waals surface area contributed by atoms with Gasteiger partial charge in [-0.2, -0.15) is 0 Å². The number of aromatic nitrogens is 1. The minimum Gasteiger partial charge on any atom is -0.348 e. The number of aryl methyl sites for hydroxylation is 2. The van der Waals surface area contributed by atoms with Crippen LogP contribution in [0.4, 0.5) is 0 Å². The first kappa shape index (κ1) is 11.8. The highest BCUT2D eigenvalue weighted by Crippen LogP contribution is 2.44. The van der Waals surface area contributed by atoms with E-state index in [-0.39, 0.29) is 0 Å². The van der Waals surface area contributed by atoms with Gasteiger partial charge in [-0.05, 0) is 50.6 Å². The van der Waals surface area contributed by atoms with Gasteiger partial charge in [-0.25, -0.2) is 0 Å². The number of hydrogen-bond acceptors (Lipinski definition) is 1. The summed E-state index contributed by atoms with van der Waals surface area (Å²) in [5.74, 6) is 0. The average molecular weight is 242 g/mol. The van der Waals surface area contributed by atoms with Gasteiger partial charge in [-0.15, -0.1) is 0 Å². The molecule has 3 rings (SSSR count). The molecule has 1 fully saturated rings. The van der Waals surface area contributed by atoms with E-state index in [1.54, 1.807) is 0 Å². The van der Waals surface area contributed by atoms with Crippen LogP contribution in [0.25, 0.3) is 10.9 Å². The van der Waals surface area contributed by atoms with E-state index in [0.717, 1.165) is 6.54 Å². The summed E-state index contributed by atoms with van der Waals surface area (Å²) in [4.78, 5) is 0. The van der Waals surface area contributed by atoms with Gasteiger partial charge in [0, 0.05) is 35.6 Å². The lowest BCUT2D eigenvalue weighted by atomic mass is 9.64. The third-order valence-electron chi connectivity index (χ3n) is 4.72. The Balaban J connectivity index is 2.07. The Bertz CT molecular complexity index is 576. The number of rotatable bonds is 3. The Morgan fingerprint density at radius 2 is 2.06 bits per heavy atom. The molecule has 18 heavy (non-hydrogen) atoms. The van der Waals surface area contributed by atoms with E-state index in [4.69, 9.17) is 0 Å². The predicted octanol–water partition coefficient (Wildman–Crippen LogP) is 3.13. The molecule has 2 aromatic rings. The third kappa shape index (κ3) is 1.59. The van der Waals surface area contributed by atoms with Gasteiger partial charge in [-0.3, -0.25) is 0 Å². The number of benzene rings is 1. The molecule has 2 nitrogen and oxygen atoms in total. The summed E-state index contributed by atoms with van der Waals surface area (Å²) in [5, 5.41) is 4.75. The molecule has 0 saturated heterocycles. The van der Waals surface area contributed by atoms with E-state index in [0.29, 0.717) is 5.41 Å². The van der Waals surface area contributed by atoms with Crippen molar-refractivity contribution >= 4 is 10.9 Å². The molecule has 1 aliphatic rings. The van der Waals surface area contributed by atoms with Gasteiger partial charge in [0.15, 0.2) is 0 Å². The first-order chi connectivity index (χ1) is 8.66. The Morgan fingerprint density at radius 1 is 1.28 bits per heavy atom. The lowest BCUT2D eigenvalue weighted by Crippen LogP contribution is -2.42. The van der Waals surface area contributed by atoms with Crippen LogP contribution < -0.4 is 5.32 Å². The summed E-state index contributed by atoms with van der Waals surface area (Å²) in [5.41, 5.74) is 4.59. The van der Waals surface area contributed by atoms with Crippen molar-refractivity contribution in [2.45, 2.75) is 31.6 Å². The third-order valence-corrected chi connectivity index (χ3v) is 4.72. The highest BCUT2D eigenvalue weighted by molar-refractivity contribution is 5.82. The van der Waals surface area contributed by atoms with Crippen LogP contribution >= 0.6 is 0 Å². The second-order valence-electron chi connectivity index (χ2n) is 5.78. The van der Waals surface area contributed by atoms with Crippen LogP contribution in [0.5, 0.6) is 0 Å². The van der Waals surface area contributed by atoms with Gasteiger partial charge in [-0.1, -0.05) is 12.5 Å². The Hall–Kier alpha value is -1.28. The van der Waals surface area contributed by atoms with E-state index < -0.39 is 0 Å². The van der Waals surface area contributed by atoms with Crippen LogP contribution in [0, 0.1) is 6.92 Å². The zero-order chi connectivity index (χ0) is 12.8. The molecule has 0 amide bonds. The molecule has 0 bridgehead atoms. The smallest absolute Gasteiger partial charge is 0.0479 e. The van der Waals surface area contributed by atoms with Gasteiger partial charge in [0.05, 0.1) is 0 Å². The molecule has 1 heterocycles. The summed E-state index contributed by atoms with van der Waals surface area (Å²) in [6.45, 7) is 3.27. The van der Waals surface area contributed by atoms with Gasteiger partial charge >= 0.3 is 0 Å². The van der Waals surface area contributed by atoms with Crippen molar-refractivity contribution in [1.29, 1.82) is 0 Å². The standard InChI is InChI=1S/C16H22N2/c1-12-9-13-10-14(5-6-15(13)18(12)3)16(11-17-2)7-4-8-16/h5-6,9-10,17H,4,7-8,11H2,1-3H3. The highest BCUT2D eigenvalue weighted by Gasteiger charge is 2.37. The lowest BCUT2D eigenvalue weighted by Gasteiger charge is -2.42. The number of nitrogens with one attached hydrogen (secondary N) is 1. The van der Waals surface area contributed by atoms with E-state index in [2.05, 4.69) is 55.2 Å². The first-order valence-electron chi connectivity index (χ1n) is 6.87. The molecule has 1 aliphatic carbocycles. The summed E-state index contributed by atoms with van der Waals surface area (Å²) in [7, 11) is 4.20. The zero-order valence-corrected chi connectivity index (χ0v) is 11.6. The topological polar surface area (TPSA) is 17.0 Å². The molecule has 0 aliphatic heterocycles. The van der Waals surface area contributed by atoms with Crippen LogP contribution in [-0.2, 0) is 12.5 Å². The van der Waals surface area contributed by atoms with Crippen LogP contribution in [0.1, 0.15) is 30.5 Å². The Labute approximate surface area is 109 Å². The summed E-state index contributed by atoms with van der Waals surface area (Å²) in [6, 6.07) is 9.31. The minimum atomic E-state index is 0.396. The van der Waals surface area contributed by atoms with Crippen molar-refractivity contribution in [2.24, 2.45) is 7.05 Å². The van der Waals surface area contributed by atoms with Crippen molar-refractivity contribution in [2.75, 3.05) is 13.6 Å². The number of hydrogen-bond donors (Lipinski definition) is 1. The monoisotopic (exact) mass is 242 g/mol. The number of fused-ring (bicyclic) bond motifs is 1. The van der Waals surface area contributed by atoms with Gasteiger partial charge in [0.2, 0.25) is 0 Å². The fraction of sp³-hybridized carbons (Fsp3) is 0.500. The van der Waals surface area contributed by atoms with E-state index in [1.165, 1.54) is 41.4 Å². The van der Waals surface area contributed by atoms with Crippen LogP contribution in [0.15, 0.2) is 24.3 Å². The first-order valence-corrected chi connectivity index (χ1v) is 6.87. The van der Waals surface area contributed by atoms with Gasteiger partial charge in [0.1, 0.15) is 0 Å². The maximum Gasteiger partial charge on any atom is 0.0479 e. The lowest BCUT2D eigenvalue weighted by molar-refractivity contribution is 0.239. The van der Waals surface area contributed by atoms with Crippen molar-refractivity contribution in [1.82, 2.24) is 9.88 Å². The fourth-order valence-corrected chi connectivity index (χ4v) is 3.33. The maximum absolute atomic E-state index is 3.37. The second-order valence-corrected chi connectivity index (χ2v) is 5.78. The Kier molecular flexibility index (Phi) is 2.70. The molecular weight excluding hydrogens is 220 g/mol. The van der Waals surface area contributed by atoms with E-state index in [9.17, 15) is 0 Å². The number of nitrogens with zero attached hydrogens (tertiary/aromatic N) is 1. The molecule has 1 saturated carbocycles. The molecule has 1 N–H and O–H groups in total. The van der Waals surface area contributed by atoms with Gasteiger partial charge < -0.3 is 9.88 Å². The van der Waals surface area contributed by atoms with E-state index in [1.807, 2.05) is 0 Å². The van der Waals surface area contributed by atoms with Crippen molar-refractivity contribution in [3.8, 4) is 0 Å². The summed E-state index contributed by atoms with van der Waals surface area (Å²) in [6.07, 6.45) is 4.02. The van der Waals surface area contributed by atoms with Crippen LogP contribution in [-0.4, -0.2) is 18.2 Å². The number of likely N-dealkylation sites (N-methyl/N-ethyl adjacent to an activating group) is 1. The predicted molar refractivity (Wildman–Crippen MR) is 77.1 cm³/mol. The summed E-state index contributed by atoms with van der Waals surface area (Å²) < 4.78 is 2.27. The quantitative estimate of drug-likeness (QED) is 0.875. The second kappa shape index (κ2) is 4.13. The SMILES string of the molecule is CNCC1(c2ccc3c(c2)cc(C)n3C)CCC1. The molecule has 96 valence electrons. The Morgan fingerprint density at radius 3 is 2.67 bits per heavy atom. The van der Waals surface area contributed by atoms with Crippen molar-refractivity contribution < 1.29 is 0 Å². The van der Waals surface area contributed by atoms with Crippen LogP contribution in [0.3, 0.4) is 0 Å².